The van der Waals surface area contributed by atoms with E-state index in [1.165, 1.54) is 0 Å². The number of benzene rings is 2. The van der Waals surface area contributed by atoms with Crippen molar-refractivity contribution in [3.05, 3.63) is 54.6 Å². The summed E-state index contributed by atoms with van der Waals surface area (Å²) < 4.78 is 5.17. The lowest BCUT2D eigenvalue weighted by Gasteiger charge is -2.23. The van der Waals surface area contributed by atoms with Crippen molar-refractivity contribution in [2.45, 2.75) is 44.7 Å². The highest BCUT2D eigenvalue weighted by molar-refractivity contribution is 5.95. The first-order valence-electron chi connectivity index (χ1n) is 11.2. The normalized spacial score (nSPS) is 16.2. The second-order valence-corrected chi connectivity index (χ2v) is 8.05. The number of methoxy groups -OCH3 is 1. The molecule has 8 nitrogen and oxygen atoms in total. The maximum Gasteiger partial charge on any atom is 0.241 e. The van der Waals surface area contributed by atoms with Crippen LogP contribution in [0.4, 0.5) is 5.69 Å². The third-order valence-corrected chi connectivity index (χ3v) is 5.81. The molecule has 1 N–H and O–H groups in total. The number of hydrogen-bond donors (Lipinski definition) is 1. The molecule has 1 atom stereocenters. The number of unbranched alkanes of at least 4 members (excludes halogenated alkanes) is 2. The smallest absolute Gasteiger partial charge is 0.241 e. The summed E-state index contributed by atoms with van der Waals surface area (Å²) in [6, 6.07) is 17.3. The fourth-order valence-corrected chi connectivity index (χ4v) is 4.08. The molecule has 0 aliphatic carbocycles. The second-order valence-electron chi connectivity index (χ2n) is 8.05. The number of carbonyl (C=O) groups excluding carboxylic acids is 1. The standard InChI is InChI=1S/C24H30N6O2/c1-32-21-14-12-20(13-15-21)25-24(31)22-11-8-17-29(22)16-6-3-7-18-30-27-23(26-28-30)19-9-4-2-5-10-19/h2,4-5,9-10,12-15,22H,3,6-8,11,16-18H2,1H3,(H,25,31). The molecule has 0 spiro atoms. The average molecular weight is 435 g/mol. The molecule has 1 aliphatic heterocycles. The molecule has 1 saturated heterocycles. The lowest BCUT2D eigenvalue weighted by Crippen LogP contribution is -2.40. The van der Waals surface area contributed by atoms with E-state index in [9.17, 15) is 4.79 Å². The number of aromatic nitrogens is 4. The largest absolute Gasteiger partial charge is 0.497 e. The number of tetrazole rings is 1. The van der Waals surface area contributed by atoms with Gasteiger partial charge in [-0.05, 0) is 68.3 Å². The van der Waals surface area contributed by atoms with Crippen LogP contribution in [0.3, 0.4) is 0 Å². The molecule has 0 radical (unpaired) electrons. The van der Waals surface area contributed by atoms with Gasteiger partial charge in [0.2, 0.25) is 11.7 Å². The van der Waals surface area contributed by atoms with Crippen molar-refractivity contribution in [1.29, 1.82) is 0 Å². The first kappa shape index (κ1) is 22.0. The molecule has 32 heavy (non-hydrogen) atoms. The highest BCUT2D eigenvalue weighted by Gasteiger charge is 2.30. The summed E-state index contributed by atoms with van der Waals surface area (Å²) in [4.78, 5) is 16.7. The van der Waals surface area contributed by atoms with Crippen molar-refractivity contribution in [3.8, 4) is 17.1 Å². The summed E-state index contributed by atoms with van der Waals surface area (Å²) in [5.41, 5.74) is 1.78. The predicted octanol–water partition coefficient (Wildman–Crippen LogP) is 3.62. The van der Waals surface area contributed by atoms with Crippen LogP contribution in [0.25, 0.3) is 11.4 Å². The van der Waals surface area contributed by atoms with Crippen LogP contribution in [0.1, 0.15) is 32.1 Å². The topological polar surface area (TPSA) is 85.2 Å². The first-order chi connectivity index (χ1) is 15.7. The fraction of sp³-hybridized carbons (Fsp3) is 0.417. The van der Waals surface area contributed by atoms with E-state index in [1.807, 2.05) is 54.6 Å². The molecule has 1 aliphatic rings. The van der Waals surface area contributed by atoms with E-state index in [0.717, 1.165) is 68.7 Å². The minimum Gasteiger partial charge on any atom is -0.497 e. The number of amides is 1. The molecular formula is C24H30N6O2. The molecule has 2 aromatic carbocycles. The Labute approximate surface area is 188 Å². The van der Waals surface area contributed by atoms with Crippen molar-refractivity contribution in [3.63, 3.8) is 0 Å². The summed E-state index contributed by atoms with van der Waals surface area (Å²) in [6.45, 7) is 2.66. The molecule has 8 heteroatoms. The van der Waals surface area contributed by atoms with Crippen LogP contribution in [0.5, 0.6) is 5.75 Å². The first-order valence-corrected chi connectivity index (χ1v) is 11.2. The van der Waals surface area contributed by atoms with Crippen molar-refractivity contribution in [1.82, 2.24) is 25.1 Å². The summed E-state index contributed by atoms with van der Waals surface area (Å²) in [5.74, 6) is 1.52. The van der Waals surface area contributed by atoms with E-state index in [1.54, 1.807) is 11.9 Å². The van der Waals surface area contributed by atoms with Crippen LogP contribution < -0.4 is 10.1 Å². The van der Waals surface area contributed by atoms with Crippen LogP contribution in [0, 0.1) is 0 Å². The summed E-state index contributed by atoms with van der Waals surface area (Å²) in [6.07, 6.45) is 5.07. The Kier molecular flexibility index (Phi) is 7.45. The number of nitrogens with zero attached hydrogens (tertiary/aromatic N) is 5. The molecule has 3 aromatic rings. The van der Waals surface area contributed by atoms with Crippen molar-refractivity contribution < 1.29 is 9.53 Å². The Morgan fingerprint density at radius 3 is 2.62 bits per heavy atom. The molecule has 0 bridgehead atoms. The lowest BCUT2D eigenvalue weighted by molar-refractivity contribution is -0.120. The Bertz CT molecular complexity index is 989. The van der Waals surface area contributed by atoms with Gasteiger partial charge in [0, 0.05) is 11.3 Å². The summed E-state index contributed by atoms with van der Waals surface area (Å²) >= 11 is 0. The van der Waals surface area contributed by atoms with Crippen molar-refractivity contribution >= 4 is 11.6 Å². The molecule has 4 rings (SSSR count). The molecule has 1 fully saturated rings. The quantitative estimate of drug-likeness (QED) is 0.491. The zero-order valence-corrected chi connectivity index (χ0v) is 18.5. The Morgan fingerprint density at radius 2 is 1.84 bits per heavy atom. The number of likely N-dealkylation sites (tertiary alicyclic amines) is 1. The number of nitrogens with one attached hydrogen (secondary N) is 1. The third-order valence-electron chi connectivity index (χ3n) is 5.81. The Balaban J connectivity index is 1.18. The molecular weight excluding hydrogens is 404 g/mol. The second kappa shape index (κ2) is 10.9. The molecule has 2 heterocycles. The monoisotopic (exact) mass is 434 g/mol. The van der Waals surface area contributed by atoms with Gasteiger partial charge in [0.1, 0.15) is 5.75 Å². The zero-order valence-electron chi connectivity index (χ0n) is 18.5. The summed E-state index contributed by atoms with van der Waals surface area (Å²) in [5, 5.41) is 15.8. The molecule has 1 amide bonds. The highest BCUT2D eigenvalue weighted by Crippen LogP contribution is 2.21. The van der Waals surface area contributed by atoms with Gasteiger partial charge in [-0.3, -0.25) is 9.69 Å². The fourth-order valence-electron chi connectivity index (χ4n) is 4.08. The van der Waals surface area contributed by atoms with Gasteiger partial charge in [0.15, 0.2) is 0 Å². The Hall–Kier alpha value is -3.26. The van der Waals surface area contributed by atoms with E-state index in [0.29, 0.717) is 5.82 Å². The highest BCUT2D eigenvalue weighted by atomic mass is 16.5. The maximum absolute atomic E-state index is 12.8. The van der Waals surface area contributed by atoms with Crippen LogP contribution in [-0.2, 0) is 11.3 Å². The van der Waals surface area contributed by atoms with Gasteiger partial charge in [0.25, 0.3) is 0 Å². The molecule has 0 saturated carbocycles. The van der Waals surface area contributed by atoms with Gasteiger partial charge in [0.05, 0.1) is 19.7 Å². The van der Waals surface area contributed by atoms with Gasteiger partial charge >= 0.3 is 0 Å². The minimum absolute atomic E-state index is 0.0532. The van der Waals surface area contributed by atoms with Gasteiger partial charge in [-0.15, -0.1) is 10.2 Å². The number of carbonyl (C=O) groups is 1. The molecule has 1 unspecified atom stereocenters. The SMILES string of the molecule is COc1ccc(NC(=O)C2CCCN2CCCCCn2nnc(-c3ccccc3)n2)cc1. The lowest BCUT2D eigenvalue weighted by atomic mass is 10.1. The molecule has 168 valence electrons. The van der Waals surface area contributed by atoms with E-state index in [2.05, 4.69) is 25.6 Å². The van der Waals surface area contributed by atoms with Gasteiger partial charge < -0.3 is 10.1 Å². The summed E-state index contributed by atoms with van der Waals surface area (Å²) in [7, 11) is 1.63. The van der Waals surface area contributed by atoms with Crippen LogP contribution in [-0.4, -0.2) is 57.3 Å². The number of anilines is 1. The van der Waals surface area contributed by atoms with E-state index < -0.39 is 0 Å². The number of ether oxygens (including phenoxy) is 1. The third kappa shape index (κ3) is 5.70. The van der Waals surface area contributed by atoms with Crippen LogP contribution in [0.2, 0.25) is 0 Å². The van der Waals surface area contributed by atoms with Gasteiger partial charge in [-0.1, -0.05) is 36.8 Å². The van der Waals surface area contributed by atoms with E-state index in [4.69, 9.17) is 4.74 Å². The van der Waals surface area contributed by atoms with Gasteiger partial charge in [-0.2, -0.15) is 4.80 Å². The number of rotatable bonds is 10. The van der Waals surface area contributed by atoms with Crippen molar-refractivity contribution in [2.75, 3.05) is 25.5 Å². The van der Waals surface area contributed by atoms with Crippen LogP contribution in [0.15, 0.2) is 54.6 Å². The predicted molar refractivity (Wildman–Crippen MR) is 123 cm³/mol. The Morgan fingerprint density at radius 1 is 1.06 bits per heavy atom. The average Bonchev–Trinajstić information content (AvgIpc) is 3.50. The zero-order chi connectivity index (χ0) is 22.2. The minimum atomic E-state index is -0.0532. The van der Waals surface area contributed by atoms with Crippen LogP contribution >= 0.6 is 0 Å². The van der Waals surface area contributed by atoms with Crippen molar-refractivity contribution in [2.24, 2.45) is 0 Å². The number of aryl methyl sites for hydroxylation is 1. The molecule has 1 aromatic heterocycles. The maximum atomic E-state index is 12.8. The van der Waals surface area contributed by atoms with E-state index >= 15 is 0 Å². The number of hydrogen-bond acceptors (Lipinski definition) is 6. The van der Waals surface area contributed by atoms with E-state index in [-0.39, 0.29) is 11.9 Å². The van der Waals surface area contributed by atoms with Gasteiger partial charge in [-0.25, -0.2) is 0 Å².